The van der Waals surface area contributed by atoms with Crippen molar-refractivity contribution >= 4 is 21.8 Å². The Morgan fingerprint density at radius 3 is 2.52 bits per heavy atom. The minimum Gasteiger partial charge on any atom is -0.493 e. The fourth-order valence-electron chi connectivity index (χ4n) is 2.32. The highest BCUT2D eigenvalue weighted by molar-refractivity contribution is 9.10. The largest absolute Gasteiger partial charge is 0.493 e. The Hall–Kier alpha value is -1.27. The standard InChI is InChI=1S/C15H21BrN2O3/c1-4-21-14-12(16)9-11(10-13(14)20-3)15(19)18-7-5-17(2)6-8-18/h9-10H,4-8H2,1-3H3. The van der Waals surface area contributed by atoms with Crippen LogP contribution in [0.5, 0.6) is 11.5 Å². The van der Waals surface area contributed by atoms with E-state index in [-0.39, 0.29) is 5.91 Å². The lowest BCUT2D eigenvalue weighted by atomic mass is 10.1. The molecule has 0 radical (unpaired) electrons. The molecular formula is C15H21BrN2O3. The molecule has 1 aromatic carbocycles. The fraction of sp³-hybridized carbons (Fsp3) is 0.533. The number of hydrogen-bond donors (Lipinski definition) is 0. The summed E-state index contributed by atoms with van der Waals surface area (Å²) < 4.78 is 11.6. The number of piperazine rings is 1. The number of likely N-dealkylation sites (N-methyl/N-ethyl adjacent to an activating group) is 1. The molecule has 5 nitrogen and oxygen atoms in total. The van der Waals surface area contributed by atoms with Crippen LogP contribution in [0, 0.1) is 0 Å². The van der Waals surface area contributed by atoms with Crippen LogP contribution in [0.25, 0.3) is 0 Å². The molecule has 0 aliphatic carbocycles. The average molecular weight is 357 g/mol. The van der Waals surface area contributed by atoms with Gasteiger partial charge in [0.2, 0.25) is 0 Å². The number of amides is 1. The highest BCUT2D eigenvalue weighted by Crippen LogP contribution is 2.37. The molecule has 6 heteroatoms. The lowest BCUT2D eigenvalue weighted by Crippen LogP contribution is -2.47. The normalized spacial score (nSPS) is 15.9. The zero-order chi connectivity index (χ0) is 15.4. The molecule has 0 atom stereocenters. The van der Waals surface area contributed by atoms with Gasteiger partial charge in [-0.3, -0.25) is 4.79 Å². The minimum absolute atomic E-state index is 0.0325. The maximum absolute atomic E-state index is 12.6. The number of hydrogen-bond acceptors (Lipinski definition) is 4. The number of methoxy groups -OCH3 is 1. The molecule has 1 heterocycles. The van der Waals surface area contributed by atoms with E-state index in [4.69, 9.17) is 9.47 Å². The van der Waals surface area contributed by atoms with Gasteiger partial charge in [-0.05, 0) is 42.0 Å². The van der Waals surface area contributed by atoms with E-state index in [9.17, 15) is 4.79 Å². The van der Waals surface area contributed by atoms with Gasteiger partial charge in [0.15, 0.2) is 11.5 Å². The van der Waals surface area contributed by atoms with Crippen LogP contribution in [0.2, 0.25) is 0 Å². The first-order valence-corrected chi connectivity index (χ1v) is 7.84. The van der Waals surface area contributed by atoms with Crippen LogP contribution >= 0.6 is 15.9 Å². The smallest absolute Gasteiger partial charge is 0.254 e. The van der Waals surface area contributed by atoms with E-state index in [1.165, 1.54) is 0 Å². The molecule has 0 aromatic heterocycles. The Bertz CT molecular complexity index is 514. The highest BCUT2D eigenvalue weighted by Gasteiger charge is 2.22. The first-order chi connectivity index (χ1) is 10.1. The number of nitrogens with zero attached hydrogens (tertiary/aromatic N) is 2. The third-order valence-corrected chi connectivity index (χ3v) is 4.14. The Kier molecular flexibility index (Phi) is 5.47. The lowest BCUT2D eigenvalue weighted by Gasteiger charge is -2.32. The van der Waals surface area contributed by atoms with Crippen molar-refractivity contribution in [3.8, 4) is 11.5 Å². The van der Waals surface area contributed by atoms with Gasteiger partial charge in [-0.1, -0.05) is 0 Å². The van der Waals surface area contributed by atoms with Gasteiger partial charge in [0.25, 0.3) is 5.91 Å². The van der Waals surface area contributed by atoms with Crippen molar-refractivity contribution in [3.63, 3.8) is 0 Å². The number of halogens is 1. The van der Waals surface area contributed by atoms with E-state index in [2.05, 4.69) is 27.9 Å². The summed E-state index contributed by atoms with van der Waals surface area (Å²) in [6.45, 7) is 5.77. The van der Waals surface area contributed by atoms with E-state index >= 15 is 0 Å². The quantitative estimate of drug-likeness (QED) is 0.829. The molecule has 1 aromatic rings. The molecule has 1 saturated heterocycles. The molecule has 1 aliphatic rings. The average Bonchev–Trinajstić information content (AvgIpc) is 2.49. The first kappa shape index (κ1) is 16.1. The molecule has 0 bridgehead atoms. The van der Waals surface area contributed by atoms with Gasteiger partial charge in [-0.2, -0.15) is 0 Å². The van der Waals surface area contributed by atoms with Crippen molar-refractivity contribution in [2.75, 3.05) is 46.9 Å². The van der Waals surface area contributed by atoms with Crippen LogP contribution < -0.4 is 9.47 Å². The molecule has 1 fully saturated rings. The van der Waals surface area contributed by atoms with Crippen molar-refractivity contribution < 1.29 is 14.3 Å². The second kappa shape index (κ2) is 7.13. The van der Waals surface area contributed by atoms with E-state index < -0.39 is 0 Å². The van der Waals surface area contributed by atoms with Crippen molar-refractivity contribution in [3.05, 3.63) is 22.2 Å². The molecular weight excluding hydrogens is 336 g/mol. The van der Waals surface area contributed by atoms with E-state index in [0.717, 1.165) is 30.7 Å². The van der Waals surface area contributed by atoms with Crippen molar-refractivity contribution in [2.24, 2.45) is 0 Å². The van der Waals surface area contributed by atoms with Gasteiger partial charge in [-0.25, -0.2) is 0 Å². The Balaban J connectivity index is 2.23. The van der Waals surface area contributed by atoms with Gasteiger partial charge in [0.05, 0.1) is 18.2 Å². The summed E-state index contributed by atoms with van der Waals surface area (Å²) in [6.07, 6.45) is 0. The predicted molar refractivity (Wildman–Crippen MR) is 85.3 cm³/mol. The maximum atomic E-state index is 12.6. The summed E-state index contributed by atoms with van der Waals surface area (Å²) in [6, 6.07) is 3.55. The number of carbonyl (C=O) groups is 1. The molecule has 0 N–H and O–H groups in total. The third kappa shape index (κ3) is 3.68. The molecule has 0 saturated carbocycles. The van der Waals surface area contributed by atoms with Crippen LogP contribution in [0.4, 0.5) is 0 Å². The second-order valence-corrected chi connectivity index (χ2v) is 5.87. The summed E-state index contributed by atoms with van der Waals surface area (Å²) >= 11 is 3.46. The number of benzene rings is 1. The molecule has 1 aliphatic heterocycles. The van der Waals surface area contributed by atoms with Crippen molar-refractivity contribution in [1.82, 2.24) is 9.80 Å². The summed E-state index contributed by atoms with van der Waals surface area (Å²) in [5, 5.41) is 0. The molecule has 21 heavy (non-hydrogen) atoms. The van der Waals surface area contributed by atoms with Gasteiger partial charge in [0.1, 0.15) is 0 Å². The summed E-state index contributed by atoms with van der Waals surface area (Å²) in [4.78, 5) is 16.7. The molecule has 116 valence electrons. The summed E-state index contributed by atoms with van der Waals surface area (Å²) in [7, 11) is 3.65. The van der Waals surface area contributed by atoms with Gasteiger partial charge in [0, 0.05) is 31.7 Å². The van der Waals surface area contributed by atoms with E-state index in [1.54, 1.807) is 19.2 Å². The third-order valence-electron chi connectivity index (χ3n) is 3.56. The van der Waals surface area contributed by atoms with Crippen LogP contribution in [0.15, 0.2) is 16.6 Å². The highest BCUT2D eigenvalue weighted by atomic mass is 79.9. The monoisotopic (exact) mass is 356 g/mol. The number of ether oxygens (including phenoxy) is 2. The van der Waals surface area contributed by atoms with Crippen LogP contribution in [0.1, 0.15) is 17.3 Å². The summed E-state index contributed by atoms with van der Waals surface area (Å²) in [5.41, 5.74) is 0.617. The SMILES string of the molecule is CCOc1c(Br)cc(C(=O)N2CCN(C)CC2)cc1OC. The Labute approximate surface area is 133 Å². The molecule has 2 rings (SSSR count). The Morgan fingerprint density at radius 1 is 1.29 bits per heavy atom. The topological polar surface area (TPSA) is 42.0 Å². The Morgan fingerprint density at radius 2 is 1.95 bits per heavy atom. The summed E-state index contributed by atoms with van der Waals surface area (Å²) in [5.74, 6) is 1.24. The van der Waals surface area contributed by atoms with Crippen LogP contribution in [-0.4, -0.2) is 62.7 Å². The number of carbonyl (C=O) groups excluding carboxylic acids is 1. The van der Waals surface area contributed by atoms with Crippen LogP contribution in [-0.2, 0) is 0 Å². The lowest BCUT2D eigenvalue weighted by molar-refractivity contribution is 0.0663. The van der Waals surface area contributed by atoms with Crippen LogP contribution in [0.3, 0.4) is 0 Å². The number of rotatable bonds is 4. The van der Waals surface area contributed by atoms with Gasteiger partial charge < -0.3 is 19.3 Å². The fourth-order valence-corrected chi connectivity index (χ4v) is 2.88. The molecule has 1 amide bonds. The van der Waals surface area contributed by atoms with Gasteiger partial charge in [-0.15, -0.1) is 0 Å². The zero-order valence-electron chi connectivity index (χ0n) is 12.7. The minimum atomic E-state index is 0.0325. The van der Waals surface area contributed by atoms with E-state index in [0.29, 0.717) is 23.7 Å². The molecule has 0 spiro atoms. The van der Waals surface area contributed by atoms with Crippen molar-refractivity contribution in [1.29, 1.82) is 0 Å². The van der Waals surface area contributed by atoms with Crippen molar-refractivity contribution in [2.45, 2.75) is 6.92 Å². The van der Waals surface area contributed by atoms with Gasteiger partial charge >= 0.3 is 0 Å². The second-order valence-electron chi connectivity index (χ2n) is 5.02. The molecule has 0 unspecified atom stereocenters. The predicted octanol–water partition coefficient (Wildman–Crippen LogP) is 2.24. The van der Waals surface area contributed by atoms with E-state index in [1.807, 2.05) is 11.8 Å². The maximum Gasteiger partial charge on any atom is 0.254 e. The zero-order valence-corrected chi connectivity index (χ0v) is 14.3. The first-order valence-electron chi connectivity index (χ1n) is 7.05.